The summed E-state index contributed by atoms with van der Waals surface area (Å²) in [5, 5.41) is 4.78. The number of para-hydroxylation sites is 1. The molecule has 1 atom stereocenters. The minimum atomic E-state index is -0.0425. The van der Waals surface area contributed by atoms with Gasteiger partial charge in [0.1, 0.15) is 0 Å². The van der Waals surface area contributed by atoms with Gasteiger partial charge in [0.25, 0.3) is 0 Å². The second-order valence-corrected chi connectivity index (χ2v) is 12.3. The van der Waals surface area contributed by atoms with Crippen molar-refractivity contribution in [2.75, 3.05) is 0 Å². The van der Waals surface area contributed by atoms with E-state index in [-0.39, 0.29) is 5.92 Å². The minimum absolute atomic E-state index is 0.0425. The maximum absolute atomic E-state index is 5.26. The average Bonchev–Trinajstić information content (AvgIpc) is 3.69. The molecule has 0 fully saturated rings. The lowest BCUT2D eigenvalue weighted by molar-refractivity contribution is 0.939. The molecular weight excluding hydrogens is 597 g/mol. The summed E-state index contributed by atoms with van der Waals surface area (Å²) in [4.78, 5) is 15.5. The van der Waals surface area contributed by atoms with Crippen LogP contribution in [0.25, 0.3) is 66.9 Å². The maximum Gasteiger partial charge on any atom is 0.238 e. The fraction of sp³-hybridized carbons (Fsp3) is 0.0444. The molecule has 0 spiro atoms. The van der Waals surface area contributed by atoms with Gasteiger partial charge in [-0.25, -0.2) is 4.98 Å². The summed E-state index contributed by atoms with van der Waals surface area (Å²) in [5.41, 5.74) is 10.1. The van der Waals surface area contributed by atoms with Crippen LogP contribution in [0.4, 0.5) is 0 Å². The molecule has 0 radical (unpaired) electrons. The van der Waals surface area contributed by atoms with Gasteiger partial charge in [0, 0.05) is 27.8 Å². The molecule has 0 N–H and O–H groups in total. The number of fused-ring (bicyclic) bond motifs is 8. The number of rotatable bonds is 6. The van der Waals surface area contributed by atoms with Crippen LogP contribution in [0.15, 0.2) is 170 Å². The summed E-state index contributed by atoms with van der Waals surface area (Å²) < 4.78 is 2.28. The zero-order valence-electron chi connectivity index (χ0n) is 27.1. The zero-order valence-corrected chi connectivity index (χ0v) is 27.1. The Morgan fingerprint density at radius 2 is 1.16 bits per heavy atom. The van der Waals surface area contributed by atoms with Gasteiger partial charge in [0.15, 0.2) is 11.6 Å². The Labute approximate surface area is 285 Å². The van der Waals surface area contributed by atoms with E-state index in [4.69, 9.17) is 15.0 Å². The second kappa shape index (κ2) is 11.7. The van der Waals surface area contributed by atoms with Gasteiger partial charge in [0.2, 0.25) is 5.95 Å². The second-order valence-electron chi connectivity index (χ2n) is 12.3. The van der Waals surface area contributed by atoms with Gasteiger partial charge in [-0.1, -0.05) is 158 Å². The van der Waals surface area contributed by atoms with Gasteiger partial charge >= 0.3 is 0 Å². The Hall–Kier alpha value is -6.39. The smallest absolute Gasteiger partial charge is 0.238 e. The SMILES string of the molecule is C=CC1=C(/C=C\C)c2c(c3c(c4ccccc24)c2ccccc2n3-c2nc(-c3ccccc3)nc(-c3ccccc3)n2)C1c1ccccc1. The molecule has 0 saturated carbocycles. The zero-order chi connectivity index (χ0) is 32.9. The van der Waals surface area contributed by atoms with Crippen molar-refractivity contribution in [2.45, 2.75) is 12.8 Å². The molecule has 2 aromatic heterocycles. The molecule has 1 unspecified atom stereocenters. The van der Waals surface area contributed by atoms with Gasteiger partial charge in [-0.2, -0.15) is 9.97 Å². The number of allylic oxidation sites excluding steroid dienone is 5. The van der Waals surface area contributed by atoms with Crippen molar-refractivity contribution in [3.63, 3.8) is 0 Å². The Balaban J connectivity index is 1.50. The Kier molecular flexibility index (Phi) is 6.87. The van der Waals surface area contributed by atoms with E-state index >= 15 is 0 Å². The normalized spacial score (nSPS) is 14.3. The monoisotopic (exact) mass is 628 g/mol. The standard InChI is InChI=1S/C45H32N4/c1-3-18-33-32(4-2)38(29-19-8-5-9-20-29)41-39(33)34-25-14-15-26-35(34)40-36-27-16-17-28-37(36)49(42(40)41)45-47-43(30-21-10-6-11-22-30)46-44(48-45)31-23-12-7-13-24-31/h3-28,38H,2H2,1H3/b18-3-. The van der Waals surface area contributed by atoms with Crippen molar-refractivity contribution in [1.29, 1.82) is 0 Å². The quantitative estimate of drug-likeness (QED) is 0.184. The third-order valence-corrected chi connectivity index (χ3v) is 9.62. The summed E-state index contributed by atoms with van der Waals surface area (Å²) in [5.74, 6) is 1.81. The molecule has 232 valence electrons. The first-order chi connectivity index (χ1) is 24.3. The summed E-state index contributed by atoms with van der Waals surface area (Å²) in [6, 6.07) is 48.6. The molecule has 0 bridgehead atoms. The largest absolute Gasteiger partial charge is 0.277 e. The third kappa shape index (κ3) is 4.49. The molecule has 2 heterocycles. The average molecular weight is 629 g/mol. The summed E-state index contributed by atoms with van der Waals surface area (Å²) >= 11 is 0. The highest BCUT2D eigenvalue weighted by atomic mass is 15.2. The summed E-state index contributed by atoms with van der Waals surface area (Å²) in [6.07, 6.45) is 6.42. The maximum atomic E-state index is 5.26. The lowest BCUT2D eigenvalue weighted by atomic mass is 9.85. The van der Waals surface area contributed by atoms with E-state index in [1.54, 1.807) is 0 Å². The van der Waals surface area contributed by atoms with E-state index < -0.39 is 0 Å². The molecule has 9 rings (SSSR count). The fourth-order valence-electron chi connectivity index (χ4n) is 7.65. The fourth-order valence-corrected chi connectivity index (χ4v) is 7.65. The van der Waals surface area contributed by atoms with Crippen molar-refractivity contribution in [3.05, 3.63) is 187 Å². The minimum Gasteiger partial charge on any atom is -0.277 e. The van der Waals surface area contributed by atoms with Crippen LogP contribution in [0.1, 0.15) is 29.5 Å². The topological polar surface area (TPSA) is 43.6 Å². The molecule has 6 aromatic carbocycles. The van der Waals surface area contributed by atoms with Crippen molar-refractivity contribution >= 4 is 38.2 Å². The summed E-state index contributed by atoms with van der Waals surface area (Å²) in [6.45, 7) is 6.46. The van der Waals surface area contributed by atoms with Crippen molar-refractivity contribution in [1.82, 2.24) is 19.5 Å². The third-order valence-electron chi connectivity index (χ3n) is 9.62. The Morgan fingerprint density at radius 3 is 1.78 bits per heavy atom. The lowest BCUT2D eigenvalue weighted by Gasteiger charge is -2.20. The molecule has 49 heavy (non-hydrogen) atoms. The molecule has 4 nitrogen and oxygen atoms in total. The van der Waals surface area contributed by atoms with E-state index in [0.29, 0.717) is 17.6 Å². The predicted molar refractivity (Wildman–Crippen MR) is 203 cm³/mol. The molecular formula is C45H32N4. The molecule has 0 saturated heterocycles. The van der Waals surface area contributed by atoms with Crippen LogP contribution in [-0.2, 0) is 0 Å². The van der Waals surface area contributed by atoms with Crippen molar-refractivity contribution < 1.29 is 0 Å². The number of hydrogen-bond acceptors (Lipinski definition) is 3. The lowest BCUT2D eigenvalue weighted by Crippen LogP contribution is -2.09. The van der Waals surface area contributed by atoms with Crippen LogP contribution < -0.4 is 0 Å². The highest BCUT2D eigenvalue weighted by molar-refractivity contribution is 6.26. The molecule has 1 aliphatic carbocycles. The molecule has 4 heteroatoms. The first-order valence-corrected chi connectivity index (χ1v) is 16.7. The van der Waals surface area contributed by atoms with Crippen LogP contribution in [0, 0.1) is 0 Å². The van der Waals surface area contributed by atoms with Gasteiger partial charge in [-0.15, -0.1) is 0 Å². The van der Waals surface area contributed by atoms with E-state index in [2.05, 4.69) is 133 Å². The van der Waals surface area contributed by atoms with E-state index in [1.165, 1.54) is 44.0 Å². The van der Waals surface area contributed by atoms with E-state index in [1.807, 2.05) is 42.5 Å². The number of benzene rings is 6. The first kappa shape index (κ1) is 28.8. The highest BCUT2D eigenvalue weighted by Gasteiger charge is 2.36. The van der Waals surface area contributed by atoms with Gasteiger partial charge in [-0.05, 0) is 51.6 Å². The van der Waals surface area contributed by atoms with Crippen LogP contribution >= 0.6 is 0 Å². The van der Waals surface area contributed by atoms with Gasteiger partial charge in [-0.3, -0.25) is 4.57 Å². The molecule has 1 aliphatic rings. The summed E-state index contributed by atoms with van der Waals surface area (Å²) in [7, 11) is 0. The van der Waals surface area contributed by atoms with Crippen LogP contribution in [0.3, 0.4) is 0 Å². The number of nitrogens with zero attached hydrogens (tertiary/aromatic N) is 4. The first-order valence-electron chi connectivity index (χ1n) is 16.7. The Bertz CT molecular complexity index is 2560. The van der Waals surface area contributed by atoms with Crippen molar-refractivity contribution in [3.8, 4) is 28.7 Å². The van der Waals surface area contributed by atoms with E-state index in [9.17, 15) is 0 Å². The number of aromatic nitrogens is 4. The van der Waals surface area contributed by atoms with Crippen LogP contribution in [-0.4, -0.2) is 19.5 Å². The van der Waals surface area contributed by atoms with E-state index in [0.717, 1.165) is 27.5 Å². The highest BCUT2D eigenvalue weighted by Crippen LogP contribution is 2.54. The predicted octanol–water partition coefficient (Wildman–Crippen LogP) is 11.1. The molecule has 0 aliphatic heterocycles. The molecule has 0 amide bonds. The van der Waals surface area contributed by atoms with Crippen molar-refractivity contribution in [2.24, 2.45) is 0 Å². The Morgan fingerprint density at radius 1 is 0.612 bits per heavy atom. The number of hydrogen-bond donors (Lipinski definition) is 0. The van der Waals surface area contributed by atoms with Crippen LogP contribution in [0.5, 0.6) is 0 Å². The molecule has 8 aromatic rings. The van der Waals surface area contributed by atoms with Gasteiger partial charge < -0.3 is 0 Å². The van der Waals surface area contributed by atoms with Gasteiger partial charge in [0.05, 0.1) is 11.0 Å². The van der Waals surface area contributed by atoms with Crippen LogP contribution in [0.2, 0.25) is 0 Å².